The third-order valence-corrected chi connectivity index (χ3v) is 5.91. The predicted molar refractivity (Wildman–Crippen MR) is 127 cm³/mol. The van der Waals surface area contributed by atoms with E-state index < -0.39 is 23.1 Å². The number of piperazine rings is 1. The van der Waals surface area contributed by atoms with Crippen LogP contribution in [0, 0.1) is 5.82 Å². The number of hydrogen-bond acceptors (Lipinski definition) is 7. The summed E-state index contributed by atoms with van der Waals surface area (Å²) in [5, 5.41) is 12.4. The van der Waals surface area contributed by atoms with Crippen molar-refractivity contribution in [3.05, 3.63) is 63.8 Å². The highest BCUT2D eigenvalue weighted by atomic mass is 32.1. The van der Waals surface area contributed by atoms with Gasteiger partial charge in [-0.25, -0.2) is 14.2 Å². The molecule has 2 aromatic heterocycles. The molecule has 10 nitrogen and oxygen atoms in total. The standard InChI is InChI=1S/C22H21FN6O4S/c1-2-27-12-16(20(32)33)17(30)15-11-24-21(25-18(15)27)28-7-9-29(10-8-28)22(34)26-19(31)13-3-5-14(23)6-4-13/h3-6,11-12H,2,7-10H2,1H3,(H,32,33)(H,26,31,34). The first-order valence-electron chi connectivity index (χ1n) is 10.5. The maximum Gasteiger partial charge on any atom is 0.341 e. The maximum atomic E-state index is 13.1. The highest BCUT2D eigenvalue weighted by Crippen LogP contribution is 2.16. The van der Waals surface area contributed by atoms with E-state index in [9.17, 15) is 23.9 Å². The van der Waals surface area contributed by atoms with Gasteiger partial charge in [0.05, 0.1) is 5.39 Å². The molecule has 3 heterocycles. The Morgan fingerprint density at radius 2 is 1.85 bits per heavy atom. The van der Waals surface area contributed by atoms with Gasteiger partial charge in [0, 0.05) is 50.7 Å². The number of aryl methyl sites for hydroxylation is 1. The number of aromatic carboxylic acids is 1. The van der Waals surface area contributed by atoms with Crippen LogP contribution in [0.5, 0.6) is 0 Å². The second kappa shape index (κ2) is 9.51. The molecule has 0 unspecified atom stereocenters. The quantitative estimate of drug-likeness (QED) is 0.531. The minimum atomic E-state index is -1.29. The molecule has 12 heteroatoms. The first kappa shape index (κ1) is 23.2. The van der Waals surface area contributed by atoms with Crippen LogP contribution in [-0.4, -0.2) is 67.7 Å². The molecule has 0 saturated carbocycles. The van der Waals surface area contributed by atoms with Crippen LogP contribution in [0.2, 0.25) is 0 Å². The zero-order valence-electron chi connectivity index (χ0n) is 18.2. The molecule has 1 aromatic carbocycles. The van der Waals surface area contributed by atoms with Crippen molar-refractivity contribution in [1.29, 1.82) is 0 Å². The van der Waals surface area contributed by atoms with E-state index in [0.29, 0.717) is 49.9 Å². The van der Waals surface area contributed by atoms with E-state index in [1.165, 1.54) is 36.7 Å². The van der Waals surface area contributed by atoms with Crippen molar-refractivity contribution in [2.45, 2.75) is 13.5 Å². The first-order valence-corrected chi connectivity index (χ1v) is 10.9. The van der Waals surface area contributed by atoms with Gasteiger partial charge in [-0.15, -0.1) is 0 Å². The molecular formula is C22H21FN6O4S. The van der Waals surface area contributed by atoms with Gasteiger partial charge in [0.1, 0.15) is 17.0 Å². The summed E-state index contributed by atoms with van der Waals surface area (Å²) >= 11 is 5.36. The Bertz CT molecular complexity index is 1340. The summed E-state index contributed by atoms with van der Waals surface area (Å²) in [5.74, 6) is -1.72. The summed E-state index contributed by atoms with van der Waals surface area (Å²) in [6, 6.07) is 5.19. The summed E-state index contributed by atoms with van der Waals surface area (Å²) in [6.07, 6.45) is 2.66. The fourth-order valence-corrected chi connectivity index (χ4v) is 3.94. The van der Waals surface area contributed by atoms with E-state index in [-0.39, 0.29) is 16.1 Å². The number of rotatable bonds is 4. The number of fused-ring (bicyclic) bond motifs is 1. The Kier molecular flexibility index (Phi) is 6.50. The van der Waals surface area contributed by atoms with Gasteiger partial charge in [0.25, 0.3) is 5.91 Å². The Labute approximate surface area is 198 Å². The molecule has 3 aromatic rings. The van der Waals surface area contributed by atoms with Crippen LogP contribution < -0.4 is 15.6 Å². The molecule has 1 saturated heterocycles. The zero-order valence-corrected chi connectivity index (χ0v) is 19.0. The molecule has 0 atom stereocenters. The lowest BCUT2D eigenvalue weighted by Crippen LogP contribution is -2.53. The lowest BCUT2D eigenvalue weighted by atomic mass is 10.2. The first-order chi connectivity index (χ1) is 16.3. The molecule has 176 valence electrons. The predicted octanol–water partition coefficient (Wildman–Crippen LogP) is 1.49. The topological polar surface area (TPSA) is 121 Å². The van der Waals surface area contributed by atoms with Gasteiger partial charge >= 0.3 is 5.97 Å². The summed E-state index contributed by atoms with van der Waals surface area (Å²) in [4.78, 5) is 48.8. The van der Waals surface area contributed by atoms with Gasteiger partial charge in [-0.3, -0.25) is 14.9 Å². The average molecular weight is 485 g/mol. The molecule has 2 N–H and O–H groups in total. The molecule has 1 fully saturated rings. The van der Waals surface area contributed by atoms with Crippen molar-refractivity contribution in [1.82, 2.24) is 24.8 Å². The summed E-state index contributed by atoms with van der Waals surface area (Å²) < 4.78 is 14.7. The van der Waals surface area contributed by atoms with E-state index in [2.05, 4.69) is 15.3 Å². The number of carboxylic acids is 1. The summed E-state index contributed by atoms with van der Waals surface area (Å²) in [5.41, 5.74) is -0.270. The molecule has 0 aliphatic carbocycles. The number of halogens is 1. The van der Waals surface area contributed by atoms with Crippen molar-refractivity contribution in [2.24, 2.45) is 0 Å². The minimum absolute atomic E-state index is 0.147. The van der Waals surface area contributed by atoms with Crippen LogP contribution in [0.1, 0.15) is 27.6 Å². The summed E-state index contributed by atoms with van der Waals surface area (Å²) in [6.45, 7) is 4.30. The highest BCUT2D eigenvalue weighted by molar-refractivity contribution is 7.80. The number of amides is 1. The molecule has 1 aliphatic rings. The molecule has 0 radical (unpaired) electrons. The SMILES string of the molecule is CCn1cc(C(=O)O)c(=O)c2cnc(N3CCN(C(=S)NC(=O)c4ccc(F)cc4)CC3)nc21. The number of carbonyl (C=O) groups is 2. The van der Waals surface area contributed by atoms with E-state index in [1.54, 1.807) is 4.57 Å². The lowest BCUT2D eigenvalue weighted by molar-refractivity contribution is 0.0694. The number of nitrogens with zero attached hydrogens (tertiary/aromatic N) is 5. The number of hydrogen-bond donors (Lipinski definition) is 2. The van der Waals surface area contributed by atoms with Gasteiger partial charge in [0.2, 0.25) is 11.4 Å². The largest absolute Gasteiger partial charge is 0.477 e. The number of nitrogens with one attached hydrogen (secondary N) is 1. The Balaban J connectivity index is 1.46. The number of anilines is 1. The second-order valence-corrected chi connectivity index (χ2v) is 8.00. The zero-order chi connectivity index (χ0) is 24.4. The average Bonchev–Trinajstić information content (AvgIpc) is 2.84. The molecule has 34 heavy (non-hydrogen) atoms. The van der Waals surface area contributed by atoms with Gasteiger partial charge in [-0.1, -0.05) is 0 Å². The Morgan fingerprint density at radius 3 is 2.47 bits per heavy atom. The minimum Gasteiger partial charge on any atom is -0.477 e. The van der Waals surface area contributed by atoms with Gasteiger partial charge in [-0.2, -0.15) is 4.98 Å². The van der Waals surface area contributed by atoms with E-state index in [4.69, 9.17) is 12.2 Å². The van der Waals surface area contributed by atoms with E-state index >= 15 is 0 Å². The van der Waals surface area contributed by atoms with Gasteiger partial charge in [0.15, 0.2) is 5.11 Å². The Hall–Kier alpha value is -3.93. The molecule has 4 rings (SSSR count). The number of benzene rings is 1. The maximum absolute atomic E-state index is 13.1. The van der Waals surface area contributed by atoms with Crippen molar-refractivity contribution in [3.8, 4) is 0 Å². The number of pyridine rings is 1. The lowest BCUT2D eigenvalue weighted by Gasteiger charge is -2.36. The summed E-state index contributed by atoms with van der Waals surface area (Å²) in [7, 11) is 0. The van der Waals surface area contributed by atoms with Crippen molar-refractivity contribution in [2.75, 3.05) is 31.1 Å². The fourth-order valence-electron chi connectivity index (χ4n) is 3.67. The molecule has 1 amide bonds. The van der Waals surface area contributed by atoms with E-state index in [0.717, 1.165) is 0 Å². The number of aromatic nitrogens is 3. The van der Waals surface area contributed by atoms with Crippen LogP contribution in [0.4, 0.5) is 10.3 Å². The van der Waals surface area contributed by atoms with Gasteiger partial charge in [-0.05, 0) is 43.4 Å². The third kappa shape index (κ3) is 4.57. The smallest absolute Gasteiger partial charge is 0.341 e. The molecule has 1 aliphatic heterocycles. The van der Waals surface area contributed by atoms with Crippen LogP contribution in [-0.2, 0) is 6.54 Å². The fraction of sp³-hybridized carbons (Fsp3) is 0.273. The molecule has 0 spiro atoms. The number of carbonyl (C=O) groups excluding carboxylic acids is 1. The number of thiocarbonyl (C=S) groups is 1. The van der Waals surface area contributed by atoms with Crippen LogP contribution in [0.25, 0.3) is 11.0 Å². The van der Waals surface area contributed by atoms with Crippen molar-refractivity contribution < 1.29 is 19.1 Å². The monoisotopic (exact) mass is 484 g/mol. The third-order valence-electron chi connectivity index (χ3n) is 5.55. The van der Waals surface area contributed by atoms with Crippen molar-refractivity contribution in [3.63, 3.8) is 0 Å². The normalized spacial score (nSPS) is 13.7. The van der Waals surface area contributed by atoms with Crippen LogP contribution in [0.3, 0.4) is 0 Å². The van der Waals surface area contributed by atoms with Crippen LogP contribution in [0.15, 0.2) is 41.5 Å². The van der Waals surface area contributed by atoms with Crippen LogP contribution >= 0.6 is 12.2 Å². The highest BCUT2D eigenvalue weighted by Gasteiger charge is 2.23. The molecular weight excluding hydrogens is 463 g/mol. The van der Waals surface area contributed by atoms with Gasteiger partial charge < -0.3 is 19.5 Å². The van der Waals surface area contributed by atoms with Crippen molar-refractivity contribution >= 4 is 46.2 Å². The Morgan fingerprint density at radius 1 is 1.18 bits per heavy atom. The molecule has 0 bridgehead atoms. The number of carboxylic acid groups (broad SMARTS) is 1. The van der Waals surface area contributed by atoms with E-state index in [1.807, 2.05) is 16.7 Å². The second-order valence-electron chi connectivity index (χ2n) is 7.61.